The van der Waals surface area contributed by atoms with Crippen LogP contribution < -0.4 is 0 Å². The maximum atomic E-state index is 11.9. The Morgan fingerprint density at radius 3 is 2.44 bits per heavy atom. The highest BCUT2D eigenvalue weighted by Crippen LogP contribution is 2.59. The Bertz CT molecular complexity index is 373. The highest BCUT2D eigenvalue weighted by Gasteiger charge is 2.59. The third-order valence-electron chi connectivity index (χ3n) is 5.29. The number of aliphatic hydroxyl groups excluding tert-OH is 1. The standard InChI is InChI=1S/C15H22O3/c1-9(2)14(17)18-15-6-10-3-11(7-15)5-12(4-10)13(15)8-16/h10-13,16H,1,3-8H2,2H3. The predicted molar refractivity (Wildman–Crippen MR) is 67.8 cm³/mol. The molecule has 0 aliphatic heterocycles. The van der Waals surface area contributed by atoms with Gasteiger partial charge in [-0.05, 0) is 56.8 Å². The van der Waals surface area contributed by atoms with Crippen LogP contribution in [0.3, 0.4) is 0 Å². The molecule has 0 heterocycles. The van der Waals surface area contributed by atoms with Gasteiger partial charge in [-0.3, -0.25) is 0 Å². The lowest BCUT2D eigenvalue weighted by Gasteiger charge is -2.59. The summed E-state index contributed by atoms with van der Waals surface area (Å²) >= 11 is 0. The summed E-state index contributed by atoms with van der Waals surface area (Å²) in [5, 5.41) is 9.70. The summed E-state index contributed by atoms with van der Waals surface area (Å²) in [7, 11) is 0. The van der Waals surface area contributed by atoms with Crippen LogP contribution in [-0.2, 0) is 9.53 Å². The van der Waals surface area contributed by atoms with Crippen molar-refractivity contribution in [3.63, 3.8) is 0 Å². The van der Waals surface area contributed by atoms with Crippen molar-refractivity contribution in [1.29, 1.82) is 0 Å². The largest absolute Gasteiger partial charge is 0.455 e. The summed E-state index contributed by atoms with van der Waals surface area (Å²) in [5.41, 5.74) is 0.0712. The Hall–Kier alpha value is -0.830. The van der Waals surface area contributed by atoms with Crippen molar-refractivity contribution in [2.45, 2.75) is 44.6 Å². The molecule has 4 rings (SSSR count). The van der Waals surface area contributed by atoms with Crippen LogP contribution in [0, 0.1) is 23.7 Å². The Balaban J connectivity index is 1.87. The third kappa shape index (κ3) is 1.71. The zero-order chi connectivity index (χ0) is 12.9. The first-order valence-electron chi connectivity index (χ1n) is 7.04. The van der Waals surface area contributed by atoms with Gasteiger partial charge in [-0.1, -0.05) is 6.58 Å². The van der Waals surface area contributed by atoms with Gasteiger partial charge in [0.2, 0.25) is 0 Å². The molecular weight excluding hydrogens is 228 g/mol. The van der Waals surface area contributed by atoms with Gasteiger partial charge < -0.3 is 9.84 Å². The zero-order valence-electron chi connectivity index (χ0n) is 11.0. The van der Waals surface area contributed by atoms with E-state index in [1.807, 2.05) is 0 Å². The fraction of sp³-hybridized carbons (Fsp3) is 0.800. The second-order valence-electron chi connectivity index (χ2n) is 6.63. The first kappa shape index (κ1) is 12.2. The van der Waals surface area contributed by atoms with Crippen molar-refractivity contribution in [3.8, 4) is 0 Å². The molecule has 0 aromatic carbocycles. The fourth-order valence-electron chi connectivity index (χ4n) is 4.82. The average molecular weight is 250 g/mol. The second kappa shape index (κ2) is 4.09. The summed E-state index contributed by atoms with van der Waals surface area (Å²) in [6.45, 7) is 5.50. The molecule has 4 fully saturated rings. The van der Waals surface area contributed by atoms with Crippen molar-refractivity contribution >= 4 is 5.97 Å². The van der Waals surface area contributed by atoms with Crippen molar-refractivity contribution < 1.29 is 14.6 Å². The summed E-state index contributed by atoms with van der Waals surface area (Å²) in [6.07, 6.45) is 5.62. The summed E-state index contributed by atoms with van der Waals surface area (Å²) in [4.78, 5) is 11.9. The minimum absolute atomic E-state index is 0.146. The number of aliphatic hydroxyl groups is 1. The molecule has 3 unspecified atom stereocenters. The average Bonchev–Trinajstić information content (AvgIpc) is 2.27. The SMILES string of the molecule is C=C(C)C(=O)OC12CC3CC(CC(C3)C1CO)C2. The smallest absolute Gasteiger partial charge is 0.333 e. The maximum absolute atomic E-state index is 11.9. The second-order valence-corrected chi connectivity index (χ2v) is 6.63. The summed E-state index contributed by atoms with van der Waals surface area (Å²) in [6, 6.07) is 0. The quantitative estimate of drug-likeness (QED) is 0.617. The van der Waals surface area contributed by atoms with E-state index in [9.17, 15) is 9.90 Å². The molecule has 4 aliphatic carbocycles. The Morgan fingerprint density at radius 1 is 1.33 bits per heavy atom. The normalized spacial score (nSPS) is 45.0. The molecule has 3 nitrogen and oxygen atoms in total. The van der Waals surface area contributed by atoms with Crippen LogP contribution in [0.1, 0.15) is 39.0 Å². The molecule has 4 aliphatic rings. The van der Waals surface area contributed by atoms with Gasteiger partial charge in [-0.2, -0.15) is 0 Å². The van der Waals surface area contributed by atoms with E-state index < -0.39 is 0 Å². The Morgan fingerprint density at radius 2 is 1.94 bits per heavy atom. The molecular formula is C15H22O3. The Kier molecular flexibility index (Phi) is 2.77. The van der Waals surface area contributed by atoms with Crippen LogP contribution in [0.15, 0.2) is 12.2 Å². The van der Waals surface area contributed by atoms with Gasteiger partial charge in [0.25, 0.3) is 0 Å². The topological polar surface area (TPSA) is 46.5 Å². The number of hydrogen-bond donors (Lipinski definition) is 1. The first-order chi connectivity index (χ1) is 8.54. The van der Waals surface area contributed by atoms with E-state index in [1.54, 1.807) is 6.92 Å². The van der Waals surface area contributed by atoms with Gasteiger partial charge in [0, 0.05) is 18.1 Å². The monoisotopic (exact) mass is 250 g/mol. The van der Waals surface area contributed by atoms with Crippen LogP contribution in [0.4, 0.5) is 0 Å². The molecule has 3 atom stereocenters. The molecule has 0 saturated heterocycles. The van der Waals surface area contributed by atoms with E-state index in [0.29, 0.717) is 23.3 Å². The number of carbonyl (C=O) groups is 1. The van der Waals surface area contributed by atoms with Gasteiger partial charge >= 0.3 is 5.97 Å². The highest BCUT2D eigenvalue weighted by atomic mass is 16.6. The molecule has 100 valence electrons. The van der Waals surface area contributed by atoms with Crippen molar-refractivity contribution in [1.82, 2.24) is 0 Å². The van der Waals surface area contributed by atoms with E-state index in [0.717, 1.165) is 12.8 Å². The molecule has 4 bridgehead atoms. The fourth-order valence-corrected chi connectivity index (χ4v) is 4.82. The number of ether oxygens (including phenoxy) is 1. The molecule has 0 amide bonds. The minimum atomic E-state index is -0.389. The third-order valence-corrected chi connectivity index (χ3v) is 5.29. The molecule has 1 N–H and O–H groups in total. The lowest BCUT2D eigenvalue weighted by Crippen LogP contribution is -2.60. The van der Waals surface area contributed by atoms with Crippen LogP contribution in [0.5, 0.6) is 0 Å². The molecule has 4 saturated carbocycles. The molecule has 0 spiro atoms. The van der Waals surface area contributed by atoms with E-state index in [4.69, 9.17) is 4.74 Å². The van der Waals surface area contributed by atoms with E-state index >= 15 is 0 Å². The van der Waals surface area contributed by atoms with Crippen molar-refractivity contribution in [2.75, 3.05) is 6.61 Å². The minimum Gasteiger partial charge on any atom is -0.455 e. The lowest BCUT2D eigenvalue weighted by molar-refractivity contribution is -0.210. The van der Waals surface area contributed by atoms with Crippen LogP contribution >= 0.6 is 0 Å². The van der Waals surface area contributed by atoms with Crippen LogP contribution in [-0.4, -0.2) is 23.3 Å². The highest BCUT2D eigenvalue weighted by molar-refractivity contribution is 5.87. The van der Waals surface area contributed by atoms with Crippen molar-refractivity contribution in [2.24, 2.45) is 23.7 Å². The van der Waals surface area contributed by atoms with Gasteiger partial charge in [-0.25, -0.2) is 4.79 Å². The van der Waals surface area contributed by atoms with Crippen molar-refractivity contribution in [3.05, 3.63) is 12.2 Å². The zero-order valence-corrected chi connectivity index (χ0v) is 11.0. The van der Waals surface area contributed by atoms with E-state index in [1.165, 1.54) is 19.3 Å². The number of carbonyl (C=O) groups excluding carboxylic acids is 1. The number of hydrogen-bond acceptors (Lipinski definition) is 3. The molecule has 0 radical (unpaired) electrons. The van der Waals surface area contributed by atoms with E-state index in [-0.39, 0.29) is 24.1 Å². The molecule has 0 aromatic heterocycles. The number of rotatable bonds is 3. The predicted octanol–water partition coefficient (Wildman–Crippen LogP) is 2.29. The summed E-state index contributed by atoms with van der Waals surface area (Å²) in [5.74, 6) is 1.81. The first-order valence-corrected chi connectivity index (χ1v) is 7.04. The maximum Gasteiger partial charge on any atom is 0.333 e. The molecule has 3 heteroatoms. The van der Waals surface area contributed by atoms with E-state index in [2.05, 4.69) is 6.58 Å². The number of esters is 1. The molecule has 18 heavy (non-hydrogen) atoms. The van der Waals surface area contributed by atoms with Gasteiger partial charge in [-0.15, -0.1) is 0 Å². The van der Waals surface area contributed by atoms with Gasteiger partial charge in [0.1, 0.15) is 5.60 Å². The lowest BCUT2D eigenvalue weighted by atomic mass is 9.50. The molecule has 0 aromatic rings. The Labute approximate surface area is 108 Å². The van der Waals surface area contributed by atoms with Gasteiger partial charge in [0.05, 0.1) is 0 Å². The van der Waals surface area contributed by atoms with Crippen LogP contribution in [0.2, 0.25) is 0 Å². The van der Waals surface area contributed by atoms with Gasteiger partial charge in [0.15, 0.2) is 0 Å². The summed E-state index contributed by atoms with van der Waals surface area (Å²) < 4.78 is 5.82. The van der Waals surface area contributed by atoms with Crippen LogP contribution in [0.25, 0.3) is 0 Å².